The predicted molar refractivity (Wildman–Crippen MR) is 78.5 cm³/mol. The molecule has 110 valence electrons. The van der Waals surface area contributed by atoms with Crippen LogP contribution in [0.1, 0.15) is 30.6 Å². The molecule has 0 aliphatic rings. The standard InChI is InChI=1S/C14H18BrNO4/c1-8(2)6-11(14(19)20-3)16-13(18)10-5-4-9(15)7-12(10)17/h4-5,7-8,11,17H,6H2,1-3H3,(H,16,18). The second kappa shape index (κ2) is 7.28. The highest BCUT2D eigenvalue weighted by atomic mass is 79.9. The summed E-state index contributed by atoms with van der Waals surface area (Å²) < 4.78 is 5.34. The van der Waals surface area contributed by atoms with E-state index in [0.717, 1.165) is 0 Å². The number of aromatic hydroxyl groups is 1. The van der Waals surface area contributed by atoms with E-state index in [1.54, 1.807) is 6.07 Å². The van der Waals surface area contributed by atoms with E-state index in [1.807, 2.05) is 13.8 Å². The Balaban J connectivity index is 2.87. The number of halogens is 1. The van der Waals surface area contributed by atoms with Crippen LogP contribution in [0.25, 0.3) is 0 Å². The minimum atomic E-state index is -0.726. The summed E-state index contributed by atoms with van der Waals surface area (Å²) in [4.78, 5) is 23.7. The predicted octanol–water partition coefficient (Wildman–Crippen LogP) is 2.47. The summed E-state index contributed by atoms with van der Waals surface area (Å²) in [6.07, 6.45) is 0.468. The van der Waals surface area contributed by atoms with Crippen molar-refractivity contribution < 1.29 is 19.4 Å². The zero-order valence-electron chi connectivity index (χ0n) is 11.6. The van der Waals surface area contributed by atoms with Crippen molar-refractivity contribution in [2.75, 3.05) is 7.11 Å². The number of phenols is 1. The third kappa shape index (κ3) is 4.52. The number of hydrogen-bond acceptors (Lipinski definition) is 4. The van der Waals surface area contributed by atoms with Gasteiger partial charge in [0, 0.05) is 4.47 Å². The molecule has 5 nitrogen and oxygen atoms in total. The lowest BCUT2D eigenvalue weighted by Gasteiger charge is -2.18. The van der Waals surface area contributed by atoms with Crippen molar-refractivity contribution in [3.05, 3.63) is 28.2 Å². The first-order valence-corrected chi connectivity index (χ1v) is 7.01. The molecule has 1 atom stereocenters. The Hall–Kier alpha value is -1.56. The molecular weight excluding hydrogens is 326 g/mol. The molecule has 0 saturated heterocycles. The average Bonchev–Trinajstić information content (AvgIpc) is 2.36. The summed E-state index contributed by atoms with van der Waals surface area (Å²) in [5, 5.41) is 12.3. The van der Waals surface area contributed by atoms with Gasteiger partial charge >= 0.3 is 5.97 Å². The first kappa shape index (κ1) is 16.5. The zero-order valence-corrected chi connectivity index (χ0v) is 13.2. The fourth-order valence-corrected chi connectivity index (χ4v) is 2.11. The first-order chi connectivity index (χ1) is 9.35. The van der Waals surface area contributed by atoms with Gasteiger partial charge in [-0.2, -0.15) is 0 Å². The molecule has 1 unspecified atom stereocenters. The van der Waals surface area contributed by atoms with Crippen LogP contribution in [-0.2, 0) is 9.53 Å². The molecule has 0 radical (unpaired) electrons. The van der Waals surface area contributed by atoms with Crippen molar-refractivity contribution in [3.63, 3.8) is 0 Å². The molecule has 1 aromatic rings. The molecule has 1 rings (SSSR count). The molecule has 0 bridgehead atoms. The third-order valence-corrected chi connectivity index (χ3v) is 3.20. The second-order valence-corrected chi connectivity index (χ2v) is 5.76. The van der Waals surface area contributed by atoms with E-state index in [0.29, 0.717) is 10.9 Å². The summed E-state index contributed by atoms with van der Waals surface area (Å²) in [6, 6.07) is 3.82. The summed E-state index contributed by atoms with van der Waals surface area (Å²) in [5.74, 6) is -0.933. The number of rotatable bonds is 5. The summed E-state index contributed by atoms with van der Waals surface area (Å²) in [7, 11) is 1.28. The number of methoxy groups -OCH3 is 1. The number of hydrogen-bond donors (Lipinski definition) is 2. The first-order valence-electron chi connectivity index (χ1n) is 6.22. The van der Waals surface area contributed by atoms with Gasteiger partial charge in [0.05, 0.1) is 12.7 Å². The van der Waals surface area contributed by atoms with Crippen LogP contribution in [0, 0.1) is 5.92 Å². The van der Waals surface area contributed by atoms with Gasteiger partial charge in [-0.3, -0.25) is 4.79 Å². The SMILES string of the molecule is COC(=O)C(CC(C)C)NC(=O)c1ccc(Br)cc1O. The van der Waals surface area contributed by atoms with E-state index in [1.165, 1.54) is 19.2 Å². The Morgan fingerprint density at radius 1 is 1.40 bits per heavy atom. The zero-order chi connectivity index (χ0) is 15.3. The van der Waals surface area contributed by atoms with Crippen LogP contribution in [0.4, 0.5) is 0 Å². The van der Waals surface area contributed by atoms with Crippen molar-refractivity contribution in [1.82, 2.24) is 5.32 Å². The molecule has 1 amide bonds. The molecule has 0 spiro atoms. The van der Waals surface area contributed by atoms with Crippen molar-refractivity contribution in [1.29, 1.82) is 0 Å². The summed E-state index contributed by atoms with van der Waals surface area (Å²) in [5.41, 5.74) is 0.117. The number of esters is 1. The van der Waals surface area contributed by atoms with Crippen LogP contribution >= 0.6 is 15.9 Å². The highest BCUT2D eigenvalue weighted by Gasteiger charge is 2.24. The van der Waals surface area contributed by atoms with Crippen molar-refractivity contribution >= 4 is 27.8 Å². The molecule has 0 saturated carbocycles. The minimum Gasteiger partial charge on any atom is -0.507 e. The third-order valence-electron chi connectivity index (χ3n) is 2.70. The molecule has 0 aromatic heterocycles. The van der Waals surface area contributed by atoms with Gasteiger partial charge in [-0.05, 0) is 30.5 Å². The molecule has 20 heavy (non-hydrogen) atoms. The van der Waals surface area contributed by atoms with Crippen LogP contribution in [-0.4, -0.2) is 30.1 Å². The fourth-order valence-electron chi connectivity index (χ4n) is 1.76. The monoisotopic (exact) mass is 343 g/mol. The van der Waals surface area contributed by atoms with Crippen LogP contribution < -0.4 is 5.32 Å². The van der Waals surface area contributed by atoms with Crippen LogP contribution in [0.15, 0.2) is 22.7 Å². The number of carbonyl (C=O) groups is 2. The molecule has 0 heterocycles. The van der Waals surface area contributed by atoms with Crippen LogP contribution in [0.2, 0.25) is 0 Å². The maximum Gasteiger partial charge on any atom is 0.328 e. The van der Waals surface area contributed by atoms with Gasteiger partial charge < -0.3 is 15.2 Å². The van der Waals surface area contributed by atoms with Crippen LogP contribution in [0.5, 0.6) is 5.75 Å². The highest BCUT2D eigenvalue weighted by molar-refractivity contribution is 9.10. The Kier molecular flexibility index (Phi) is 6.01. The summed E-state index contributed by atoms with van der Waals surface area (Å²) in [6.45, 7) is 3.89. The topological polar surface area (TPSA) is 75.6 Å². The Bertz CT molecular complexity index is 502. The maximum absolute atomic E-state index is 12.1. The lowest BCUT2D eigenvalue weighted by Crippen LogP contribution is -2.42. The van der Waals surface area contributed by atoms with E-state index in [4.69, 9.17) is 0 Å². The quantitative estimate of drug-likeness (QED) is 0.805. The van der Waals surface area contributed by atoms with E-state index >= 15 is 0 Å². The minimum absolute atomic E-state index is 0.117. The number of ether oxygens (including phenoxy) is 1. The van der Waals surface area contributed by atoms with Gasteiger partial charge in [0.1, 0.15) is 11.8 Å². The molecule has 0 fully saturated rings. The van der Waals surface area contributed by atoms with E-state index in [-0.39, 0.29) is 17.2 Å². The second-order valence-electron chi connectivity index (χ2n) is 4.84. The number of phenolic OH excluding ortho intramolecular Hbond substituents is 1. The molecule has 6 heteroatoms. The lowest BCUT2D eigenvalue weighted by molar-refractivity contribution is -0.143. The smallest absolute Gasteiger partial charge is 0.328 e. The Labute approximate surface area is 126 Å². The van der Waals surface area contributed by atoms with Gasteiger partial charge in [0.2, 0.25) is 0 Å². The van der Waals surface area contributed by atoms with Crippen molar-refractivity contribution in [3.8, 4) is 5.75 Å². The largest absolute Gasteiger partial charge is 0.507 e. The molecule has 0 aliphatic heterocycles. The molecule has 1 aromatic carbocycles. The summed E-state index contributed by atoms with van der Waals surface area (Å²) >= 11 is 3.20. The molecule has 2 N–H and O–H groups in total. The number of benzene rings is 1. The van der Waals surface area contributed by atoms with Crippen LogP contribution in [0.3, 0.4) is 0 Å². The maximum atomic E-state index is 12.1. The lowest BCUT2D eigenvalue weighted by atomic mass is 10.0. The Morgan fingerprint density at radius 2 is 2.05 bits per heavy atom. The number of amides is 1. The Morgan fingerprint density at radius 3 is 2.55 bits per heavy atom. The number of nitrogens with one attached hydrogen (secondary N) is 1. The van der Waals surface area contributed by atoms with E-state index in [9.17, 15) is 14.7 Å². The molecular formula is C14H18BrNO4. The van der Waals surface area contributed by atoms with Gasteiger partial charge in [-0.1, -0.05) is 29.8 Å². The van der Waals surface area contributed by atoms with E-state index < -0.39 is 17.9 Å². The van der Waals surface area contributed by atoms with Gasteiger partial charge in [-0.25, -0.2) is 4.79 Å². The highest BCUT2D eigenvalue weighted by Crippen LogP contribution is 2.22. The van der Waals surface area contributed by atoms with E-state index in [2.05, 4.69) is 26.0 Å². The number of carbonyl (C=O) groups excluding carboxylic acids is 2. The van der Waals surface area contributed by atoms with Gasteiger partial charge in [0.15, 0.2) is 0 Å². The van der Waals surface area contributed by atoms with Crippen molar-refractivity contribution in [2.45, 2.75) is 26.3 Å². The average molecular weight is 344 g/mol. The van der Waals surface area contributed by atoms with Gasteiger partial charge in [0.25, 0.3) is 5.91 Å². The van der Waals surface area contributed by atoms with Crippen molar-refractivity contribution in [2.24, 2.45) is 5.92 Å². The fraction of sp³-hybridized carbons (Fsp3) is 0.429. The normalized spacial score (nSPS) is 12.1. The van der Waals surface area contributed by atoms with Gasteiger partial charge in [-0.15, -0.1) is 0 Å². The molecule has 0 aliphatic carbocycles.